The van der Waals surface area contributed by atoms with Crippen molar-refractivity contribution in [2.75, 3.05) is 10.0 Å². The Morgan fingerprint density at radius 3 is 2.23 bits per heavy atom. The predicted octanol–water partition coefficient (Wildman–Crippen LogP) is 4.81. The average molecular weight is 456 g/mol. The van der Waals surface area contributed by atoms with Crippen molar-refractivity contribution in [3.63, 3.8) is 0 Å². The summed E-state index contributed by atoms with van der Waals surface area (Å²) in [6, 6.07) is 12.6. The van der Waals surface area contributed by atoms with Gasteiger partial charge in [-0.05, 0) is 54.6 Å². The fraction of sp³-hybridized carbons (Fsp3) is 0.0526. The van der Waals surface area contributed by atoms with Gasteiger partial charge in [0.05, 0.1) is 15.5 Å². The molecule has 1 amide bonds. The van der Waals surface area contributed by atoms with E-state index in [2.05, 4.69) is 15.0 Å². The third-order valence-electron chi connectivity index (χ3n) is 3.84. The van der Waals surface area contributed by atoms with Crippen molar-refractivity contribution in [3.05, 3.63) is 83.1 Å². The third kappa shape index (κ3) is 5.08. The molecule has 0 unspecified atom stereocenters. The van der Waals surface area contributed by atoms with Crippen molar-refractivity contribution in [2.24, 2.45) is 0 Å². The van der Waals surface area contributed by atoms with Gasteiger partial charge in [-0.1, -0.05) is 17.7 Å². The number of rotatable bonds is 5. The van der Waals surface area contributed by atoms with Crippen molar-refractivity contribution in [2.45, 2.75) is 11.1 Å². The fourth-order valence-corrected chi connectivity index (χ4v) is 3.70. The van der Waals surface area contributed by atoms with Gasteiger partial charge in [0.25, 0.3) is 15.9 Å². The molecule has 2 aromatic carbocycles. The van der Waals surface area contributed by atoms with Crippen LogP contribution in [0.1, 0.15) is 16.1 Å². The van der Waals surface area contributed by atoms with E-state index in [0.29, 0.717) is 11.8 Å². The molecule has 0 aliphatic rings. The van der Waals surface area contributed by atoms with Crippen molar-refractivity contribution >= 4 is 38.9 Å². The molecular weight excluding hydrogens is 443 g/mol. The minimum Gasteiger partial charge on any atom is -0.321 e. The van der Waals surface area contributed by atoms with Gasteiger partial charge < -0.3 is 5.32 Å². The molecule has 6 nitrogen and oxygen atoms in total. The van der Waals surface area contributed by atoms with Gasteiger partial charge in [-0.15, -0.1) is 0 Å². The number of amides is 1. The van der Waals surface area contributed by atoms with E-state index in [0.717, 1.165) is 12.1 Å². The zero-order valence-corrected chi connectivity index (χ0v) is 16.5. The molecule has 3 aromatic rings. The van der Waals surface area contributed by atoms with Crippen LogP contribution in [-0.4, -0.2) is 19.3 Å². The van der Waals surface area contributed by atoms with E-state index < -0.39 is 32.7 Å². The number of benzene rings is 2. The van der Waals surface area contributed by atoms with E-state index in [9.17, 15) is 26.4 Å². The van der Waals surface area contributed by atoms with Crippen molar-refractivity contribution in [1.82, 2.24) is 4.98 Å². The zero-order chi connectivity index (χ0) is 21.9. The maximum Gasteiger partial charge on any atom is 0.417 e. The monoisotopic (exact) mass is 455 g/mol. The van der Waals surface area contributed by atoms with E-state index >= 15 is 0 Å². The molecule has 11 heteroatoms. The van der Waals surface area contributed by atoms with Crippen LogP contribution in [0.3, 0.4) is 0 Å². The van der Waals surface area contributed by atoms with Crippen LogP contribution in [0, 0.1) is 0 Å². The number of sulfonamides is 1. The Morgan fingerprint density at radius 1 is 0.967 bits per heavy atom. The molecule has 1 aromatic heterocycles. The van der Waals surface area contributed by atoms with Crippen molar-refractivity contribution in [3.8, 4) is 0 Å². The van der Waals surface area contributed by atoms with Gasteiger partial charge >= 0.3 is 6.18 Å². The Morgan fingerprint density at radius 2 is 1.63 bits per heavy atom. The smallest absolute Gasteiger partial charge is 0.321 e. The standard InChI is InChI=1S/C19H13ClF3N3O3S/c20-16-9-6-13(11-15(16)19(21,22)23)26-30(28,29)14-7-4-12(5-8-14)25-18(27)17-3-1-2-10-24-17/h1-11,26H,(H,25,27). The number of alkyl halides is 3. The molecule has 2 N–H and O–H groups in total. The second-order valence-electron chi connectivity index (χ2n) is 5.99. The number of pyridine rings is 1. The summed E-state index contributed by atoms with van der Waals surface area (Å²) in [5.74, 6) is -0.481. The maximum atomic E-state index is 13.0. The Bertz CT molecular complexity index is 1170. The number of carbonyl (C=O) groups excluding carboxylic acids is 1. The van der Waals surface area contributed by atoms with Gasteiger partial charge in [0.15, 0.2) is 0 Å². The van der Waals surface area contributed by atoms with Gasteiger partial charge in [0, 0.05) is 17.6 Å². The molecule has 3 rings (SSSR count). The minimum absolute atomic E-state index is 0.180. The molecule has 0 bridgehead atoms. The molecule has 0 aliphatic carbocycles. The van der Waals surface area contributed by atoms with Crippen LogP contribution in [-0.2, 0) is 16.2 Å². The number of nitrogens with zero attached hydrogens (tertiary/aromatic N) is 1. The molecule has 0 saturated carbocycles. The van der Waals surface area contributed by atoms with Crippen molar-refractivity contribution < 1.29 is 26.4 Å². The van der Waals surface area contributed by atoms with Gasteiger partial charge in [0.1, 0.15) is 5.69 Å². The minimum atomic E-state index is -4.73. The number of aromatic nitrogens is 1. The normalized spacial score (nSPS) is 11.7. The molecule has 0 fully saturated rings. The van der Waals surface area contributed by atoms with E-state index in [1.165, 1.54) is 36.5 Å². The second kappa shape index (κ2) is 8.33. The van der Waals surface area contributed by atoms with E-state index in [-0.39, 0.29) is 16.3 Å². The molecule has 0 radical (unpaired) electrons. The highest BCUT2D eigenvalue weighted by Gasteiger charge is 2.33. The first-order valence-corrected chi connectivity index (χ1v) is 10.1. The molecule has 156 valence electrons. The number of halogens is 4. The first-order valence-electron chi connectivity index (χ1n) is 8.28. The Kier molecular flexibility index (Phi) is 5.99. The van der Waals surface area contributed by atoms with Gasteiger partial charge in [-0.3, -0.25) is 14.5 Å². The van der Waals surface area contributed by atoms with Crippen LogP contribution in [0.15, 0.2) is 71.8 Å². The molecule has 0 saturated heterocycles. The highest BCUT2D eigenvalue weighted by molar-refractivity contribution is 7.92. The molecule has 1 heterocycles. The summed E-state index contributed by atoms with van der Waals surface area (Å²) in [7, 11) is -4.17. The van der Waals surface area contributed by atoms with Crippen LogP contribution in [0.25, 0.3) is 0 Å². The quantitative estimate of drug-likeness (QED) is 0.578. The summed E-state index contributed by atoms with van der Waals surface area (Å²) >= 11 is 5.54. The average Bonchev–Trinajstić information content (AvgIpc) is 2.69. The third-order valence-corrected chi connectivity index (χ3v) is 5.57. The molecule has 0 atom stereocenters. The highest BCUT2D eigenvalue weighted by Crippen LogP contribution is 2.36. The van der Waals surface area contributed by atoms with Crippen LogP contribution < -0.4 is 10.0 Å². The van der Waals surface area contributed by atoms with Crippen LogP contribution in [0.4, 0.5) is 24.5 Å². The lowest BCUT2D eigenvalue weighted by molar-refractivity contribution is -0.137. The fourth-order valence-electron chi connectivity index (χ4n) is 2.43. The topological polar surface area (TPSA) is 88.2 Å². The first kappa shape index (κ1) is 21.6. The first-order chi connectivity index (χ1) is 14.1. The lowest BCUT2D eigenvalue weighted by Crippen LogP contribution is -2.15. The number of nitrogens with one attached hydrogen (secondary N) is 2. The number of hydrogen-bond donors (Lipinski definition) is 2. The zero-order valence-electron chi connectivity index (χ0n) is 14.9. The number of carbonyl (C=O) groups is 1. The van der Waals surface area contributed by atoms with E-state index in [1.54, 1.807) is 12.1 Å². The molecular formula is C19H13ClF3N3O3S. The summed E-state index contributed by atoms with van der Waals surface area (Å²) in [6.45, 7) is 0. The number of hydrogen-bond acceptors (Lipinski definition) is 4. The van der Waals surface area contributed by atoms with Gasteiger partial charge in [-0.25, -0.2) is 8.42 Å². The number of anilines is 2. The molecule has 0 spiro atoms. The highest BCUT2D eigenvalue weighted by atomic mass is 35.5. The predicted molar refractivity (Wildman–Crippen MR) is 106 cm³/mol. The summed E-state index contributed by atoms with van der Waals surface area (Å²) < 4.78 is 65.9. The van der Waals surface area contributed by atoms with E-state index in [4.69, 9.17) is 11.6 Å². The summed E-state index contributed by atoms with van der Waals surface area (Å²) in [5.41, 5.74) is -0.953. The summed E-state index contributed by atoms with van der Waals surface area (Å²) in [4.78, 5) is 15.8. The molecule has 30 heavy (non-hydrogen) atoms. The largest absolute Gasteiger partial charge is 0.417 e. The summed E-state index contributed by atoms with van der Waals surface area (Å²) in [6.07, 6.45) is -3.27. The van der Waals surface area contributed by atoms with Crippen LogP contribution in [0.2, 0.25) is 5.02 Å². The van der Waals surface area contributed by atoms with Crippen molar-refractivity contribution in [1.29, 1.82) is 0 Å². The Labute approximate surface area is 174 Å². The maximum absolute atomic E-state index is 13.0. The molecule has 0 aliphatic heterocycles. The van der Waals surface area contributed by atoms with E-state index in [1.807, 2.05) is 0 Å². The lowest BCUT2D eigenvalue weighted by atomic mass is 10.2. The second-order valence-corrected chi connectivity index (χ2v) is 8.08. The SMILES string of the molecule is O=C(Nc1ccc(S(=O)(=O)Nc2ccc(Cl)c(C(F)(F)F)c2)cc1)c1ccccn1. The Hall–Kier alpha value is -3.11. The lowest BCUT2D eigenvalue weighted by Gasteiger charge is -2.13. The Balaban J connectivity index is 1.76. The van der Waals surface area contributed by atoms with Gasteiger partial charge in [0.2, 0.25) is 0 Å². The summed E-state index contributed by atoms with van der Waals surface area (Å²) in [5, 5.41) is 2.02. The van der Waals surface area contributed by atoms with Gasteiger partial charge in [-0.2, -0.15) is 13.2 Å². The van der Waals surface area contributed by atoms with Crippen LogP contribution in [0.5, 0.6) is 0 Å². The van der Waals surface area contributed by atoms with Crippen LogP contribution >= 0.6 is 11.6 Å².